The lowest BCUT2D eigenvalue weighted by molar-refractivity contribution is -0.116. The molecule has 2 heteroatoms. The van der Waals surface area contributed by atoms with Crippen LogP contribution in [0.2, 0.25) is 0 Å². The number of pyridine rings is 1. The summed E-state index contributed by atoms with van der Waals surface area (Å²) in [5.74, 6) is 0.923. The zero-order valence-electron chi connectivity index (χ0n) is 7.79. The van der Waals surface area contributed by atoms with E-state index in [-0.39, 0.29) is 5.78 Å². The van der Waals surface area contributed by atoms with Gasteiger partial charge in [0.2, 0.25) is 0 Å². The normalized spacial score (nSPS) is 15.8. The fourth-order valence-electron chi connectivity index (χ4n) is 1.65. The number of Topliss-reactive ketones (excluding diaryl/α,β-unsaturated/α-hetero) is 1. The van der Waals surface area contributed by atoms with Crippen LogP contribution in [0.5, 0.6) is 0 Å². The van der Waals surface area contributed by atoms with Crippen molar-refractivity contribution in [2.75, 3.05) is 0 Å². The second-order valence-electron chi connectivity index (χ2n) is 3.73. The van der Waals surface area contributed by atoms with Crippen LogP contribution in [-0.2, 0) is 11.2 Å². The maximum Gasteiger partial charge on any atom is 0.134 e. The molecule has 68 valence electrons. The lowest BCUT2D eigenvalue weighted by Gasteiger charge is -2.04. The standard InChI is InChI=1S/C11H13NO/c1-8(13)6-10-7-12-5-4-11(10)9-2-3-9/h4-5,7,9H,2-3,6H2,1H3. The Morgan fingerprint density at radius 1 is 1.62 bits per heavy atom. The molecule has 1 heterocycles. The van der Waals surface area contributed by atoms with Crippen molar-refractivity contribution in [3.63, 3.8) is 0 Å². The first-order chi connectivity index (χ1) is 6.27. The summed E-state index contributed by atoms with van der Waals surface area (Å²) in [5.41, 5.74) is 2.46. The number of nitrogens with zero attached hydrogens (tertiary/aromatic N) is 1. The van der Waals surface area contributed by atoms with Gasteiger partial charge in [-0.05, 0) is 42.9 Å². The molecule has 0 aliphatic heterocycles. The van der Waals surface area contributed by atoms with Gasteiger partial charge in [0.15, 0.2) is 0 Å². The average molecular weight is 175 g/mol. The van der Waals surface area contributed by atoms with Crippen LogP contribution >= 0.6 is 0 Å². The van der Waals surface area contributed by atoms with E-state index in [9.17, 15) is 4.79 Å². The Hall–Kier alpha value is -1.18. The molecule has 1 aliphatic rings. The zero-order chi connectivity index (χ0) is 9.26. The smallest absolute Gasteiger partial charge is 0.134 e. The van der Waals surface area contributed by atoms with Crippen LogP contribution in [-0.4, -0.2) is 10.8 Å². The van der Waals surface area contributed by atoms with Gasteiger partial charge in [-0.25, -0.2) is 0 Å². The summed E-state index contributed by atoms with van der Waals surface area (Å²) in [4.78, 5) is 15.0. The summed E-state index contributed by atoms with van der Waals surface area (Å²) >= 11 is 0. The number of ketones is 1. The summed E-state index contributed by atoms with van der Waals surface area (Å²) in [7, 11) is 0. The number of hydrogen-bond acceptors (Lipinski definition) is 2. The Bertz CT molecular complexity index is 329. The Morgan fingerprint density at radius 3 is 3.00 bits per heavy atom. The highest BCUT2D eigenvalue weighted by Crippen LogP contribution is 2.41. The molecule has 0 radical (unpaired) electrons. The van der Waals surface area contributed by atoms with Crippen molar-refractivity contribution < 1.29 is 4.79 Å². The van der Waals surface area contributed by atoms with Crippen molar-refractivity contribution in [2.45, 2.75) is 32.1 Å². The molecule has 0 aromatic carbocycles. The number of carbonyl (C=O) groups is 1. The first-order valence-electron chi connectivity index (χ1n) is 4.69. The van der Waals surface area contributed by atoms with Crippen molar-refractivity contribution in [1.82, 2.24) is 4.98 Å². The molecule has 2 nitrogen and oxygen atoms in total. The SMILES string of the molecule is CC(=O)Cc1cnccc1C1CC1. The van der Waals surface area contributed by atoms with Gasteiger partial charge in [-0.15, -0.1) is 0 Å². The van der Waals surface area contributed by atoms with Crippen LogP contribution in [0.15, 0.2) is 18.5 Å². The number of rotatable bonds is 3. The highest BCUT2D eigenvalue weighted by atomic mass is 16.1. The largest absolute Gasteiger partial charge is 0.300 e. The molecular formula is C11H13NO. The lowest BCUT2D eigenvalue weighted by atomic mass is 10.0. The van der Waals surface area contributed by atoms with Crippen LogP contribution in [0.3, 0.4) is 0 Å². The molecule has 0 amide bonds. The summed E-state index contributed by atoms with van der Waals surface area (Å²) in [6.07, 6.45) is 6.73. The maximum atomic E-state index is 11.0. The molecular weight excluding hydrogens is 162 g/mol. The molecule has 0 N–H and O–H groups in total. The molecule has 1 aliphatic carbocycles. The second kappa shape index (κ2) is 3.29. The molecule has 1 fully saturated rings. The molecule has 1 saturated carbocycles. The molecule has 1 aromatic heterocycles. The third kappa shape index (κ3) is 1.94. The van der Waals surface area contributed by atoms with E-state index in [1.54, 1.807) is 6.92 Å². The first-order valence-corrected chi connectivity index (χ1v) is 4.69. The molecule has 1 aromatic rings. The minimum absolute atomic E-state index is 0.218. The minimum atomic E-state index is 0.218. The number of carbonyl (C=O) groups excluding carboxylic acids is 1. The van der Waals surface area contributed by atoms with Crippen LogP contribution in [0.4, 0.5) is 0 Å². The van der Waals surface area contributed by atoms with Gasteiger partial charge < -0.3 is 0 Å². The number of hydrogen-bond donors (Lipinski definition) is 0. The van der Waals surface area contributed by atoms with Gasteiger partial charge in [0.05, 0.1) is 0 Å². The highest BCUT2D eigenvalue weighted by molar-refractivity contribution is 5.78. The van der Waals surface area contributed by atoms with Crippen molar-refractivity contribution in [3.8, 4) is 0 Å². The van der Waals surface area contributed by atoms with Gasteiger partial charge in [0.1, 0.15) is 5.78 Å². The van der Waals surface area contributed by atoms with Gasteiger partial charge in [-0.3, -0.25) is 9.78 Å². The Kier molecular flexibility index (Phi) is 2.13. The van der Waals surface area contributed by atoms with E-state index < -0.39 is 0 Å². The third-order valence-corrected chi connectivity index (χ3v) is 2.40. The van der Waals surface area contributed by atoms with Gasteiger partial charge in [-0.2, -0.15) is 0 Å². The fraction of sp³-hybridized carbons (Fsp3) is 0.455. The van der Waals surface area contributed by atoms with Gasteiger partial charge in [0, 0.05) is 18.8 Å². The van der Waals surface area contributed by atoms with Crippen molar-refractivity contribution >= 4 is 5.78 Å². The van der Waals surface area contributed by atoms with Crippen LogP contribution in [0, 0.1) is 0 Å². The van der Waals surface area contributed by atoms with E-state index in [0.717, 1.165) is 5.56 Å². The predicted octanol–water partition coefficient (Wildman–Crippen LogP) is 2.09. The molecule has 0 unspecified atom stereocenters. The molecule has 0 saturated heterocycles. The van der Waals surface area contributed by atoms with E-state index in [1.165, 1.54) is 18.4 Å². The molecule has 13 heavy (non-hydrogen) atoms. The Labute approximate surface area is 78.0 Å². The molecule has 2 rings (SSSR count). The maximum absolute atomic E-state index is 11.0. The monoisotopic (exact) mass is 175 g/mol. The zero-order valence-corrected chi connectivity index (χ0v) is 7.79. The molecule has 0 bridgehead atoms. The fourth-order valence-corrected chi connectivity index (χ4v) is 1.65. The minimum Gasteiger partial charge on any atom is -0.300 e. The van der Waals surface area contributed by atoms with Crippen LogP contribution < -0.4 is 0 Å². The molecule has 0 atom stereocenters. The van der Waals surface area contributed by atoms with E-state index in [2.05, 4.69) is 11.1 Å². The Morgan fingerprint density at radius 2 is 2.38 bits per heavy atom. The number of aromatic nitrogens is 1. The average Bonchev–Trinajstić information content (AvgIpc) is 2.87. The van der Waals surface area contributed by atoms with Gasteiger partial charge >= 0.3 is 0 Å². The van der Waals surface area contributed by atoms with E-state index in [0.29, 0.717) is 12.3 Å². The third-order valence-electron chi connectivity index (χ3n) is 2.40. The summed E-state index contributed by atoms with van der Waals surface area (Å²) in [5, 5.41) is 0. The first kappa shape index (κ1) is 8.42. The second-order valence-corrected chi connectivity index (χ2v) is 3.73. The predicted molar refractivity (Wildman–Crippen MR) is 50.6 cm³/mol. The van der Waals surface area contributed by atoms with Gasteiger partial charge in [-0.1, -0.05) is 0 Å². The van der Waals surface area contributed by atoms with E-state index in [1.807, 2.05) is 12.4 Å². The van der Waals surface area contributed by atoms with Crippen molar-refractivity contribution in [1.29, 1.82) is 0 Å². The lowest BCUT2D eigenvalue weighted by Crippen LogP contribution is -2.00. The van der Waals surface area contributed by atoms with Crippen LogP contribution in [0.25, 0.3) is 0 Å². The topological polar surface area (TPSA) is 30.0 Å². The van der Waals surface area contributed by atoms with Gasteiger partial charge in [0.25, 0.3) is 0 Å². The highest BCUT2D eigenvalue weighted by Gasteiger charge is 2.25. The summed E-state index contributed by atoms with van der Waals surface area (Å²) < 4.78 is 0. The Balaban J connectivity index is 2.26. The van der Waals surface area contributed by atoms with E-state index >= 15 is 0 Å². The van der Waals surface area contributed by atoms with Crippen molar-refractivity contribution in [3.05, 3.63) is 29.6 Å². The van der Waals surface area contributed by atoms with E-state index in [4.69, 9.17) is 0 Å². The summed E-state index contributed by atoms with van der Waals surface area (Å²) in [6.45, 7) is 1.63. The summed E-state index contributed by atoms with van der Waals surface area (Å²) in [6, 6.07) is 2.05. The molecule has 0 spiro atoms. The van der Waals surface area contributed by atoms with Crippen LogP contribution in [0.1, 0.15) is 36.8 Å². The quantitative estimate of drug-likeness (QED) is 0.704. The van der Waals surface area contributed by atoms with Crippen molar-refractivity contribution in [2.24, 2.45) is 0 Å².